The zero-order valence-electron chi connectivity index (χ0n) is 24.8. The SMILES string of the molecule is C=CCCOC(=O)[C@H]1[C@H]2C(=O)N(CCCCCO)C(C(=O)N(CC=C)c3ccc(N(CC)CC)cc3)C23CC(Br)[C@@H]1O3. The van der Waals surface area contributed by atoms with Crippen LogP contribution in [0.15, 0.2) is 49.6 Å². The number of hydrogen-bond donors (Lipinski definition) is 1. The van der Waals surface area contributed by atoms with Gasteiger partial charge in [-0.25, -0.2) is 0 Å². The highest BCUT2D eigenvalue weighted by molar-refractivity contribution is 9.09. The summed E-state index contributed by atoms with van der Waals surface area (Å²) in [5, 5.41) is 9.29. The minimum Gasteiger partial charge on any atom is -0.465 e. The molecular weight excluding hydrogens is 602 g/mol. The van der Waals surface area contributed by atoms with Gasteiger partial charge in [0.1, 0.15) is 11.6 Å². The van der Waals surface area contributed by atoms with E-state index in [4.69, 9.17) is 9.47 Å². The molecule has 9 nitrogen and oxygen atoms in total. The number of carbonyl (C=O) groups is 3. The summed E-state index contributed by atoms with van der Waals surface area (Å²) in [7, 11) is 0. The molecule has 6 atom stereocenters. The summed E-state index contributed by atoms with van der Waals surface area (Å²) in [4.78, 5) is 47.5. The van der Waals surface area contributed by atoms with Crippen LogP contribution in [0, 0.1) is 11.8 Å². The molecule has 0 radical (unpaired) electrons. The van der Waals surface area contributed by atoms with Gasteiger partial charge in [-0.15, -0.1) is 13.2 Å². The first-order valence-electron chi connectivity index (χ1n) is 15.1. The lowest BCUT2D eigenvalue weighted by molar-refractivity contribution is -0.154. The van der Waals surface area contributed by atoms with Gasteiger partial charge in [-0.3, -0.25) is 14.4 Å². The third-order valence-corrected chi connectivity index (χ3v) is 9.63. The Morgan fingerprint density at radius 2 is 1.83 bits per heavy atom. The second kappa shape index (κ2) is 14.2. The molecule has 3 aliphatic heterocycles. The molecule has 0 saturated carbocycles. The van der Waals surface area contributed by atoms with Crippen LogP contribution in [-0.2, 0) is 23.9 Å². The number of benzene rings is 1. The molecule has 3 heterocycles. The lowest BCUT2D eigenvalue weighted by Crippen LogP contribution is -2.57. The van der Waals surface area contributed by atoms with Crippen molar-refractivity contribution in [3.63, 3.8) is 0 Å². The maximum absolute atomic E-state index is 14.6. The largest absolute Gasteiger partial charge is 0.465 e. The molecule has 42 heavy (non-hydrogen) atoms. The van der Waals surface area contributed by atoms with E-state index in [1.54, 1.807) is 22.0 Å². The third-order valence-electron chi connectivity index (χ3n) is 8.79. The van der Waals surface area contributed by atoms with Gasteiger partial charge in [0, 0.05) is 49.0 Å². The average molecular weight is 647 g/mol. The molecule has 4 rings (SSSR count). The molecule has 1 aromatic rings. The number of esters is 1. The number of aliphatic hydroxyl groups excluding tert-OH is 1. The molecule has 0 aromatic heterocycles. The highest BCUT2D eigenvalue weighted by Crippen LogP contribution is 2.60. The number of amides is 2. The molecule has 3 saturated heterocycles. The van der Waals surface area contributed by atoms with Crippen LogP contribution in [0.5, 0.6) is 0 Å². The van der Waals surface area contributed by atoms with Gasteiger partial charge in [0.2, 0.25) is 5.91 Å². The highest BCUT2D eigenvalue weighted by Gasteiger charge is 2.77. The molecular formula is C32H44BrN3O6. The van der Waals surface area contributed by atoms with E-state index in [0.29, 0.717) is 44.3 Å². The molecule has 230 valence electrons. The topological polar surface area (TPSA) is 99.6 Å². The van der Waals surface area contributed by atoms with Gasteiger partial charge >= 0.3 is 5.97 Å². The van der Waals surface area contributed by atoms with E-state index in [-0.39, 0.29) is 36.4 Å². The zero-order chi connectivity index (χ0) is 30.4. The number of fused-ring (bicyclic) bond motifs is 1. The van der Waals surface area contributed by atoms with Crippen LogP contribution >= 0.6 is 15.9 Å². The first kappa shape index (κ1) is 32.2. The number of hydrogen-bond acceptors (Lipinski definition) is 7. The molecule has 1 aromatic carbocycles. The minimum atomic E-state index is -1.16. The number of carbonyl (C=O) groups excluding carboxylic acids is 3. The Hall–Kier alpha value is -2.69. The third kappa shape index (κ3) is 5.90. The molecule has 3 unspecified atom stereocenters. The first-order valence-corrected chi connectivity index (χ1v) is 16.0. The quantitative estimate of drug-likeness (QED) is 0.125. The smallest absolute Gasteiger partial charge is 0.312 e. The number of likely N-dealkylation sites (tertiary alicyclic amines) is 1. The van der Waals surface area contributed by atoms with Crippen LogP contribution < -0.4 is 9.80 Å². The number of unbranched alkanes of at least 4 members (excludes halogenated alkanes) is 2. The van der Waals surface area contributed by atoms with Crippen molar-refractivity contribution in [2.75, 3.05) is 49.2 Å². The summed E-state index contributed by atoms with van der Waals surface area (Å²) in [5.41, 5.74) is 0.603. The van der Waals surface area contributed by atoms with Crippen molar-refractivity contribution in [3.05, 3.63) is 49.6 Å². The van der Waals surface area contributed by atoms with E-state index >= 15 is 0 Å². The molecule has 10 heteroatoms. The van der Waals surface area contributed by atoms with E-state index in [1.165, 1.54) is 0 Å². The van der Waals surface area contributed by atoms with Crippen LogP contribution in [-0.4, -0.2) is 89.8 Å². The second-order valence-electron chi connectivity index (χ2n) is 11.2. The minimum absolute atomic E-state index is 0.0636. The second-order valence-corrected chi connectivity index (χ2v) is 12.3. The molecule has 2 amide bonds. The van der Waals surface area contributed by atoms with Crippen molar-refractivity contribution < 1.29 is 29.0 Å². The number of ether oxygens (including phenoxy) is 2. The Labute approximate surface area is 257 Å². The van der Waals surface area contributed by atoms with Crippen molar-refractivity contribution >= 4 is 45.1 Å². The number of aliphatic hydroxyl groups is 1. The fraction of sp³-hybridized carbons (Fsp3) is 0.594. The van der Waals surface area contributed by atoms with Crippen LogP contribution in [0.25, 0.3) is 0 Å². The average Bonchev–Trinajstić information content (AvgIpc) is 3.58. The van der Waals surface area contributed by atoms with Crippen LogP contribution in [0.4, 0.5) is 11.4 Å². The van der Waals surface area contributed by atoms with Gasteiger partial charge in [-0.1, -0.05) is 28.1 Å². The Balaban J connectivity index is 1.71. The molecule has 1 spiro atoms. The van der Waals surface area contributed by atoms with Crippen molar-refractivity contribution in [2.45, 2.75) is 68.5 Å². The standard InChI is InChI=1S/C32H44BrN3O6/c1-5-9-20-41-31(40)25-26-29(38)36(18-11-10-12-19-37)28(32(26)21-24(33)27(25)42-32)30(39)35(17-6-2)23-15-13-22(14-16-23)34(7-3)8-4/h5-6,13-16,24-28,37H,1-2,7-12,17-21H2,3-4H3/t24?,25-,26-,27-,28?,32?/m0/s1. The fourth-order valence-corrected chi connectivity index (χ4v) is 7.80. The van der Waals surface area contributed by atoms with E-state index < -0.39 is 35.6 Å². The van der Waals surface area contributed by atoms with Gasteiger partial charge < -0.3 is 29.3 Å². The summed E-state index contributed by atoms with van der Waals surface area (Å²) in [6.07, 6.45) is 5.65. The highest BCUT2D eigenvalue weighted by atomic mass is 79.9. The Kier molecular flexibility index (Phi) is 10.9. The van der Waals surface area contributed by atoms with Gasteiger partial charge in [0.15, 0.2) is 0 Å². The summed E-state index contributed by atoms with van der Waals surface area (Å²) >= 11 is 3.70. The number of anilines is 2. The van der Waals surface area contributed by atoms with E-state index in [9.17, 15) is 19.5 Å². The number of alkyl halides is 1. The summed E-state index contributed by atoms with van der Waals surface area (Å²) in [6, 6.07) is 6.93. The molecule has 0 aliphatic carbocycles. The van der Waals surface area contributed by atoms with E-state index in [1.807, 2.05) is 24.3 Å². The van der Waals surface area contributed by atoms with Gasteiger partial charge in [-0.05, 0) is 70.2 Å². The Bertz CT molecular complexity index is 1140. The Morgan fingerprint density at radius 3 is 2.45 bits per heavy atom. The normalized spacial score (nSPS) is 27.6. The predicted octanol–water partition coefficient (Wildman–Crippen LogP) is 4.08. The lowest BCUT2D eigenvalue weighted by atomic mass is 9.70. The summed E-state index contributed by atoms with van der Waals surface area (Å²) < 4.78 is 12.1. The van der Waals surface area contributed by atoms with Crippen LogP contribution in [0.3, 0.4) is 0 Å². The zero-order valence-corrected chi connectivity index (χ0v) is 26.3. The molecule has 1 N–H and O–H groups in total. The van der Waals surface area contributed by atoms with Gasteiger partial charge in [-0.2, -0.15) is 0 Å². The molecule has 3 fully saturated rings. The van der Waals surface area contributed by atoms with Gasteiger partial charge in [0.25, 0.3) is 5.91 Å². The maximum Gasteiger partial charge on any atom is 0.312 e. The monoisotopic (exact) mass is 645 g/mol. The maximum atomic E-state index is 14.6. The first-order chi connectivity index (χ1) is 20.3. The summed E-state index contributed by atoms with van der Waals surface area (Å²) in [6.45, 7) is 14.3. The van der Waals surface area contributed by atoms with E-state index in [0.717, 1.165) is 18.8 Å². The molecule has 3 aliphatic rings. The predicted molar refractivity (Wildman–Crippen MR) is 167 cm³/mol. The number of halogens is 1. The van der Waals surface area contributed by atoms with Gasteiger partial charge in [0.05, 0.1) is 24.5 Å². The van der Waals surface area contributed by atoms with Crippen molar-refractivity contribution in [3.8, 4) is 0 Å². The summed E-state index contributed by atoms with van der Waals surface area (Å²) in [5.74, 6) is -2.60. The van der Waals surface area contributed by atoms with Crippen molar-refractivity contribution in [1.29, 1.82) is 0 Å². The van der Waals surface area contributed by atoms with Crippen LogP contribution in [0.2, 0.25) is 0 Å². The number of rotatable bonds is 16. The fourth-order valence-electron chi connectivity index (χ4n) is 6.86. The molecule has 2 bridgehead atoms. The van der Waals surface area contributed by atoms with E-state index in [2.05, 4.69) is 47.8 Å². The number of nitrogens with zero attached hydrogens (tertiary/aromatic N) is 3. The van der Waals surface area contributed by atoms with Crippen molar-refractivity contribution in [1.82, 2.24) is 4.90 Å². The Morgan fingerprint density at radius 1 is 1.14 bits per heavy atom. The lowest BCUT2D eigenvalue weighted by Gasteiger charge is -2.37. The van der Waals surface area contributed by atoms with Crippen LogP contribution in [0.1, 0.15) is 46.0 Å². The van der Waals surface area contributed by atoms with Crippen molar-refractivity contribution in [2.24, 2.45) is 11.8 Å².